The highest BCUT2D eigenvalue weighted by Crippen LogP contribution is 2.30. The molecule has 0 bridgehead atoms. The van der Waals surface area contributed by atoms with Gasteiger partial charge in [-0.05, 0) is 30.5 Å². The Kier molecular flexibility index (Phi) is 5.47. The highest BCUT2D eigenvalue weighted by Gasteiger charge is 2.17. The highest BCUT2D eigenvalue weighted by molar-refractivity contribution is 7.99. The first-order chi connectivity index (χ1) is 8.79. The molecule has 18 heavy (non-hydrogen) atoms. The Hall–Kier alpha value is -0.580. The Balaban J connectivity index is 1.86. The molecule has 3 N–H and O–H groups in total. The fourth-order valence-corrected chi connectivity index (χ4v) is 3.82. The van der Waals surface area contributed by atoms with Crippen molar-refractivity contribution >= 4 is 11.8 Å². The van der Waals surface area contributed by atoms with Gasteiger partial charge in [0.1, 0.15) is 5.82 Å². The van der Waals surface area contributed by atoms with Gasteiger partial charge in [-0.2, -0.15) is 11.8 Å². The third-order valence-corrected chi connectivity index (χ3v) is 4.99. The minimum atomic E-state index is -0.200. The molecule has 1 saturated carbocycles. The number of hydrogen-bond acceptors (Lipinski definition) is 3. The molecule has 0 spiro atoms. The zero-order valence-electron chi connectivity index (χ0n) is 10.6. The normalized spacial score (nSPS) is 18.8. The molecule has 0 saturated heterocycles. The molecule has 1 fully saturated rings. The third kappa shape index (κ3) is 3.97. The largest absolute Gasteiger partial charge is 0.271 e. The Labute approximate surface area is 112 Å². The molecule has 1 unspecified atom stereocenters. The molecule has 1 aliphatic rings. The van der Waals surface area contributed by atoms with Crippen molar-refractivity contribution in [3.63, 3.8) is 0 Å². The Morgan fingerprint density at radius 3 is 2.50 bits per heavy atom. The lowest BCUT2D eigenvalue weighted by atomic mass is 10.0. The fraction of sp³-hybridized carbons (Fsp3) is 0.571. The first-order valence-corrected chi connectivity index (χ1v) is 7.67. The van der Waals surface area contributed by atoms with Crippen molar-refractivity contribution in [1.29, 1.82) is 0 Å². The molecule has 1 aromatic rings. The molecule has 0 aliphatic heterocycles. The van der Waals surface area contributed by atoms with Gasteiger partial charge < -0.3 is 0 Å². The summed E-state index contributed by atoms with van der Waals surface area (Å²) in [4.78, 5) is 0. The quantitative estimate of drug-likeness (QED) is 0.635. The molecule has 0 radical (unpaired) electrons. The second-order valence-electron chi connectivity index (χ2n) is 4.86. The van der Waals surface area contributed by atoms with E-state index in [1.165, 1.54) is 44.2 Å². The molecule has 0 heterocycles. The van der Waals surface area contributed by atoms with Crippen molar-refractivity contribution < 1.29 is 4.39 Å². The Morgan fingerprint density at radius 1 is 1.22 bits per heavy atom. The van der Waals surface area contributed by atoms with E-state index in [0.29, 0.717) is 0 Å². The average Bonchev–Trinajstić information content (AvgIpc) is 2.42. The van der Waals surface area contributed by atoms with Crippen LogP contribution in [0.1, 0.15) is 43.7 Å². The predicted octanol–water partition coefficient (Wildman–Crippen LogP) is 3.40. The summed E-state index contributed by atoms with van der Waals surface area (Å²) in [5.41, 5.74) is 3.89. The molecule has 0 aromatic heterocycles. The van der Waals surface area contributed by atoms with Crippen LogP contribution in [0, 0.1) is 5.82 Å². The molecule has 1 aromatic carbocycles. The van der Waals surface area contributed by atoms with Gasteiger partial charge in [0.2, 0.25) is 0 Å². The topological polar surface area (TPSA) is 38.0 Å². The molecule has 0 amide bonds. The molecule has 2 nitrogen and oxygen atoms in total. The van der Waals surface area contributed by atoms with Crippen molar-refractivity contribution in [1.82, 2.24) is 5.43 Å². The fourth-order valence-electron chi connectivity index (χ4n) is 2.40. The number of thioether (sulfide) groups is 1. The molecule has 1 aliphatic carbocycles. The highest BCUT2D eigenvalue weighted by atomic mass is 32.2. The van der Waals surface area contributed by atoms with E-state index in [4.69, 9.17) is 5.84 Å². The summed E-state index contributed by atoms with van der Waals surface area (Å²) in [6.07, 6.45) is 6.74. The van der Waals surface area contributed by atoms with E-state index in [-0.39, 0.29) is 11.9 Å². The number of nitrogens with one attached hydrogen (secondary N) is 1. The summed E-state index contributed by atoms with van der Waals surface area (Å²) in [5, 5.41) is 0.773. The van der Waals surface area contributed by atoms with Crippen LogP contribution in [0.3, 0.4) is 0 Å². The van der Waals surface area contributed by atoms with Crippen molar-refractivity contribution in [3.05, 3.63) is 35.6 Å². The molecular weight excluding hydrogens is 247 g/mol. The standard InChI is InChI=1S/C14H21FN2S/c15-12-8-6-11(7-9-12)14(17-16)10-18-13-4-2-1-3-5-13/h6-9,13-14,17H,1-5,10,16H2. The van der Waals surface area contributed by atoms with Crippen LogP contribution in [0.4, 0.5) is 4.39 Å². The predicted molar refractivity (Wildman–Crippen MR) is 75.8 cm³/mol. The summed E-state index contributed by atoms with van der Waals surface area (Å²) in [6.45, 7) is 0. The SMILES string of the molecule is NNC(CSC1CCCCC1)c1ccc(F)cc1. The molecule has 2 rings (SSSR count). The van der Waals surface area contributed by atoms with Crippen molar-refractivity contribution in [2.45, 2.75) is 43.4 Å². The number of hydrogen-bond donors (Lipinski definition) is 2. The van der Waals surface area contributed by atoms with Gasteiger partial charge in [-0.3, -0.25) is 11.3 Å². The van der Waals surface area contributed by atoms with Gasteiger partial charge in [0.25, 0.3) is 0 Å². The summed E-state index contributed by atoms with van der Waals surface area (Å²) < 4.78 is 12.9. The van der Waals surface area contributed by atoms with E-state index in [0.717, 1.165) is 16.6 Å². The van der Waals surface area contributed by atoms with Gasteiger partial charge in [-0.1, -0.05) is 31.4 Å². The molecule has 4 heteroatoms. The summed E-state index contributed by atoms with van der Waals surface area (Å²) in [7, 11) is 0. The molecule has 100 valence electrons. The number of halogens is 1. The van der Waals surface area contributed by atoms with Crippen molar-refractivity contribution in [3.8, 4) is 0 Å². The Morgan fingerprint density at radius 2 is 1.89 bits per heavy atom. The van der Waals surface area contributed by atoms with Gasteiger partial charge in [0.15, 0.2) is 0 Å². The first kappa shape index (κ1) is 13.8. The van der Waals surface area contributed by atoms with Gasteiger partial charge >= 0.3 is 0 Å². The number of nitrogens with two attached hydrogens (primary N) is 1. The first-order valence-electron chi connectivity index (χ1n) is 6.63. The smallest absolute Gasteiger partial charge is 0.123 e. The zero-order valence-corrected chi connectivity index (χ0v) is 11.4. The lowest BCUT2D eigenvalue weighted by Crippen LogP contribution is -2.30. The van der Waals surface area contributed by atoms with Gasteiger partial charge in [0.05, 0.1) is 6.04 Å². The second kappa shape index (κ2) is 7.12. The summed E-state index contributed by atoms with van der Waals surface area (Å²) >= 11 is 1.99. The van der Waals surface area contributed by atoms with E-state index >= 15 is 0 Å². The minimum Gasteiger partial charge on any atom is -0.271 e. The zero-order chi connectivity index (χ0) is 12.8. The third-order valence-electron chi connectivity index (χ3n) is 3.52. The number of benzene rings is 1. The maximum Gasteiger partial charge on any atom is 0.123 e. The van der Waals surface area contributed by atoms with E-state index in [2.05, 4.69) is 5.43 Å². The van der Waals surface area contributed by atoms with Crippen molar-refractivity contribution in [2.75, 3.05) is 5.75 Å². The minimum absolute atomic E-state index is 0.109. The molecule has 1 atom stereocenters. The monoisotopic (exact) mass is 268 g/mol. The maximum atomic E-state index is 12.9. The lowest BCUT2D eigenvalue weighted by molar-refractivity contribution is 0.514. The second-order valence-corrected chi connectivity index (χ2v) is 6.20. The summed E-state index contributed by atoms with van der Waals surface area (Å²) in [5.74, 6) is 6.35. The maximum absolute atomic E-state index is 12.9. The van der Waals surface area contributed by atoms with Gasteiger partial charge in [-0.25, -0.2) is 4.39 Å². The number of hydrazine groups is 1. The van der Waals surface area contributed by atoms with Crippen molar-refractivity contribution in [2.24, 2.45) is 5.84 Å². The van der Waals surface area contributed by atoms with Crippen LogP contribution in [-0.4, -0.2) is 11.0 Å². The van der Waals surface area contributed by atoms with Crippen LogP contribution in [0.2, 0.25) is 0 Å². The van der Waals surface area contributed by atoms with Crippen LogP contribution in [-0.2, 0) is 0 Å². The average molecular weight is 268 g/mol. The van der Waals surface area contributed by atoms with E-state index in [1.807, 2.05) is 11.8 Å². The van der Waals surface area contributed by atoms with Crippen LogP contribution >= 0.6 is 11.8 Å². The van der Waals surface area contributed by atoms with Gasteiger partial charge in [-0.15, -0.1) is 0 Å². The van der Waals surface area contributed by atoms with Crippen LogP contribution < -0.4 is 11.3 Å². The molecular formula is C14H21FN2S. The van der Waals surface area contributed by atoms with Gasteiger partial charge in [0, 0.05) is 11.0 Å². The van der Waals surface area contributed by atoms with E-state index < -0.39 is 0 Å². The van der Waals surface area contributed by atoms with E-state index in [1.54, 1.807) is 12.1 Å². The van der Waals surface area contributed by atoms with Crippen LogP contribution in [0.25, 0.3) is 0 Å². The summed E-state index contributed by atoms with van der Waals surface area (Å²) in [6, 6.07) is 6.70. The Bertz CT molecular complexity index is 349. The van der Waals surface area contributed by atoms with Crippen LogP contribution in [0.15, 0.2) is 24.3 Å². The number of rotatable bonds is 5. The van der Waals surface area contributed by atoms with Crippen LogP contribution in [0.5, 0.6) is 0 Å². The lowest BCUT2D eigenvalue weighted by Gasteiger charge is -2.24. The van der Waals surface area contributed by atoms with E-state index in [9.17, 15) is 4.39 Å².